The van der Waals surface area contributed by atoms with Crippen LogP contribution in [0.5, 0.6) is 11.5 Å². The van der Waals surface area contributed by atoms with Gasteiger partial charge in [-0.15, -0.1) is 0 Å². The van der Waals surface area contributed by atoms with Crippen molar-refractivity contribution in [3.63, 3.8) is 0 Å². The summed E-state index contributed by atoms with van der Waals surface area (Å²) in [6, 6.07) is 7.75. The third-order valence-electron chi connectivity index (χ3n) is 4.10. The van der Waals surface area contributed by atoms with E-state index in [2.05, 4.69) is 13.2 Å². The summed E-state index contributed by atoms with van der Waals surface area (Å²) in [6.45, 7) is 9.51. The van der Waals surface area contributed by atoms with Crippen molar-refractivity contribution in [1.29, 1.82) is 0 Å². The van der Waals surface area contributed by atoms with Crippen LogP contribution in [0.3, 0.4) is 0 Å². The fraction of sp³-hybridized carbons (Fsp3) is 0.273. The van der Waals surface area contributed by atoms with E-state index in [0.717, 1.165) is 18.2 Å². The van der Waals surface area contributed by atoms with Crippen LogP contribution in [0.25, 0.3) is 10.8 Å². The normalized spacial score (nSPS) is 13.0. The van der Waals surface area contributed by atoms with Gasteiger partial charge in [-0.25, -0.2) is 9.59 Å². The van der Waals surface area contributed by atoms with Gasteiger partial charge in [0.25, 0.3) is 10.1 Å². The van der Waals surface area contributed by atoms with Crippen molar-refractivity contribution in [1.82, 2.24) is 0 Å². The van der Waals surface area contributed by atoms with E-state index in [-0.39, 0.29) is 24.7 Å². The van der Waals surface area contributed by atoms with Crippen LogP contribution in [0.15, 0.2) is 60.5 Å². The van der Waals surface area contributed by atoms with Gasteiger partial charge in [0.1, 0.15) is 41.8 Å². The third-order valence-corrected chi connectivity index (χ3v) is 4.96. The van der Waals surface area contributed by atoms with Gasteiger partial charge in [0, 0.05) is 29.0 Å². The van der Waals surface area contributed by atoms with Gasteiger partial charge < -0.3 is 18.9 Å². The highest BCUT2D eigenvalue weighted by Crippen LogP contribution is 2.39. The van der Waals surface area contributed by atoms with Gasteiger partial charge in [-0.05, 0) is 13.8 Å². The first kappa shape index (κ1) is 24.9. The topological polar surface area (TPSA) is 125 Å². The molecular weight excluding hydrogens is 440 g/mol. The number of esters is 2. The Labute approximate surface area is 186 Å². The predicted octanol–water partition coefficient (Wildman–Crippen LogP) is 3.08. The van der Waals surface area contributed by atoms with Crippen molar-refractivity contribution >= 4 is 32.8 Å². The van der Waals surface area contributed by atoms with Gasteiger partial charge in [-0.1, -0.05) is 37.4 Å². The number of carbonyl (C=O) groups is 2. The summed E-state index contributed by atoms with van der Waals surface area (Å²) < 4.78 is 55.3. The number of benzene rings is 2. The molecule has 9 nitrogen and oxygen atoms in total. The van der Waals surface area contributed by atoms with Gasteiger partial charge in [0.05, 0.1) is 0 Å². The molecule has 0 aliphatic heterocycles. The van der Waals surface area contributed by atoms with Crippen molar-refractivity contribution < 1.29 is 41.5 Å². The van der Waals surface area contributed by atoms with Gasteiger partial charge in [0.2, 0.25) is 0 Å². The van der Waals surface area contributed by atoms with Crippen LogP contribution in [0, 0.1) is 0 Å². The van der Waals surface area contributed by atoms with Gasteiger partial charge in [-0.2, -0.15) is 8.42 Å². The SMILES string of the molecule is C=CC(=O)OC(C)COc1cc(S(=O)(=O)O)c(OCC(C)OC(=O)C=C)c2ccccc12. The summed E-state index contributed by atoms with van der Waals surface area (Å²) >= 11 is 0. The maximum Gasteiger partial charge on any atom is 0.330 e. The molecule has 0 aromatic heterocycles. The summed E-state index contributed by atoms with van der Waals surface area (Å²) in [5, 5.41) is 0.837. The maximum atomic E-state index is 12.1. The number of carbonyl (C=O) groups excluding carboxylic acids is 2. The van der Waals surface area contributed by atoms with E-state index in [1.54, 1.807) is 38.1 Å². The van der Waals surface area contributed by atoms with Crippen LogP contribution in [-0.4, -0.2) is 50.3 Å². The van der Waals surface area contributed by atoms with Crippen molar-refractivity contribution in [3.8, 4) is 11.5 Å². The number of ether oxygens (including phenoxy) is 4. The summed E-state index contributed by atoms with van der Waals surface area (Å²) in [6.07, 6.45) is 0.645. The molecule has 32 heavy (non-hydrogen) atoms. The fourth-order valence-electron chi connectivity index (χ4n) is 2.72. The number of hydrogen-bond acceptors (Lipinski definition) is 8. The molecule has 0 radical (unpaired) electrons. The average Bonchev–Trinajstić information content (AvgIpc) is 2.75. The largest absolute Gasteiger partial charge is 0.489 e. The summed E-state index contributed by atoms with van der Waals surface area (Å²) in [7, 11) is -4.71. The molecular formula is C22H24O9S. The first-order valence-electron chi connectivity index (χ1n) is 9.51. The van der Waals surface area contributed by atoms with Crippen molar-refractivity contribution in [2.75, 3.05) is 13.2 Å². The highest BCUT2D eigenvalue weighted by molar-refractivity contribution is 7.86. The molecule has 172 valence electrons. The lowest BCUT2D eigenvalue weighted by atomic mass is 10.1. The van der Waals surface area contributed by atoms with E-state index in [1.807, 2.05) is 0 Å². The standard InChI is InChI=1S/C22H24O9S/c1-5-20(23)30-14(3)12-28-18-11-19(32(25,26)27)22(17-10-8-7-9-16(17)18)29-13-15(4)31-21(24)6-2/h5-11,14-15H,1-2,12-13H2,3-4H3,(H,25,26,27). The van der Waals surface area contributed by atoms with Crippen molar-refractivity contribution in [2.45, 2.75) is 31.0 Å². The summed E-state index contributed by atoms with van der Waals surface area (Å²) in [4.78, 5) is 22.1. The molecule has 0 amide bonds. The van der Waals surface area contributed by atoms with Gasteiger partial charge in [0.15, 0.2) is 0 Å². The monoisotopic (exact) mass is 464 g/mol. The van der Waals surface area contributed by atoms with Crippen molar-refractivity contribution in [2.24, 2.45) is 0 Å². The number of fused-ring (bicyclic) bond motifs is 1. The van der Waals surface area contributed by atoms with E-state index in [9.17, 15) is 22.6 Å². The predicted molar refractivity (Wildman–Crippen MR) is 116 cm³/mol. The van der Waals surface area contributed by atoms with Crippen LogP contribution in [-0.2, 0) is 29.2 Å². The van der Waals surface area contributed by atoms with E-state index in [0.29, 0.717) is 10.8 Å². The molecule has 2 aromatic carbocycles. The highest BCUT2D eigenvalue weighted by atomic mass is 32.2. The van der Waals surface area contributed by atoms with E-state index in [1.165, 1.54) is 0 Å². The minimum Gasteiger partial charge on any atom is -0.489 e. The Morgan fingerprint density at radius 1 is 0.969 bits per heavy atom. The second-order valence-electron chi connectivity index (χ2n) is 6.75. The summed E-state index contributed by atoms with van der Waals surface area (Å²) in [5.74, 6) is -1.27. The van der Waals surface area contributed by atoms with E-state index >= 15 is 0 Å². The van der Waals surface area contributed by atoms with Gasteiger partial charge in [-0.3, -0.25) is 4.55 Å². The Morgan fingerprint density at radius 2 is 1.47 bits per heavy atom. The van der Waals surface area contributed by atoms with Gasteiger partial charge >= 0.3 is 11.9 Å². The first-order valence-corrected chi connectivity index (χ1v) is 11.0. The molecule has 2 atom stereocenters. The molecule has 2 aromatic rings. The Bertz CT molecular complexity index is 1120. The molecule has 0 heterocycles. The first-order chi connectivity index (χ1) is 15.1. The molecule has 10 heteroatoms. The quantitative estimate of drug-likeness (QED) is 0.303. The minimum atomic E-state index is -4.71. The Morgan fingerprint density at radius 3 is 1.97 bits per heavy atom. The Hall–Kier alpha value is -3.37. The van der Waals surface area contributed by atoms with E-state index < -0.39 is 39.2 Å². The molecule has 2 unspecified atom stereocenters. The molecule has 0 fully saturated rings. The highest BCUT2D eigenvalue weighted by Gasteiger charge is 2.24. The van der Waals surface area contributed by atoms with Crippen LogP contribution >= 0.6 is 0 Å². The minimum absolute atomic E-state index is 0.0801. The molecule has 0 bridgehead atoms. The zero-order valence-corrected chi connectivity index (χ0v) is 18.5. The smallest absolute Gasteiger partial charge is 0.330 e. The lowest BCUT2D eigenvalue weighted by Gasteiger charge is -2.19. The lowest BCUT2D eigenvalue weighted by Crippen LogP contribution is -2.22. The molecule has 2 rings (SSSR count). The molecule has 0 aliphatic carbocycles. The molecule has 0 saturated carbocycles. The third kappa shape index (κ3) is 6.56. The Balaban J connectivity index is 2.42. The van der Waals surface area contributed by atoms with Crippen LogP contribution in [0.4, 0.5) is 0 Å². The second-order valence-corrected chi connectivity index (χ2v) is 8.14. The fourth-order valence-corrected chi connectivity index (χ4v) is 3.38. The summed E-state index contributed by atoms with van der Waals surface area (Å²) in [5.41, 5.74) is 0. The number of hydrogen-bond donors (Lipinski definition) is 1. The Kier molecular flexibility index (Phi) is 8.39. The zero-order valence-electron chi connectivity index (χ0n) is 17.6. The van der Waals surface area contributed by atoms with Crippen molar-refractivity contribution in [3.05, 3.63) is 55.6 Å². The number of rotatable bonds is 11. The van der Waals surface area contributed by atoms with Crippen LogP contribution < -0.4 is 9.47 Å². The molecule has 0 aliphatic rings. The molecule has 0 saturated heterocycles. The maximum absolute atomic E-state index is 12.1. The van der Waals surface area contributed by atoms with Crippen LogP contribution in [0.1, 0.15) is 13.8 Å². The lowest BCUT2D eigenvalue weighted by molar-refractivity contribution is -0.144. The average molecular weight is 464 g/mol. The van der Waals surface area contributed by atoms with Crippen LogP contribution in [0.2, 0.25) is 0 Å². The van der Waals surface area contributed by atoms with E-state index in [4.69, 9.17) is 18.9 Å². The molecule has 1 N–H and O–H groups in total. The molecule has 0 spiro atoms. The second kappa shape index (κ2) is 10.8. The zero-order chi connectivity index (χ0) is 23.9.